The van der Waals surface area contributed by atoms with Crippen LogP contribution in [0.15, 0.2) is 0 Å². The van der Waals surface area contributed by atoms with E-state index in [1.807, 2.05) is 0 Å². The highest BCUT2D eigenvalue weighted by molar-refractivity contribution is 4.73. The fourth-order valence-electron chi connectivity index (χ4n) is 2.12. The summed E-state index contributed by atoms with van der Waals surface area (Å²) >= 11 is 0. The second-order valence-electron chi connectivity index (χ2n) is 4.92. The molecule has 2 saturated carbocycles. The van der Waals surface area contributed by atoms with Crippen LogP contribution in [0.4, 0.5) is 0 Å². The molecule has 0 saturated heterocycles. The molecule has 0 amide bonds. The van der Waals surface area contributed by atoms with Crippen LogP contribution in [0.3, 0.4) is 0 Å². The summed E-state index contributed by atoms with van der Waals surface area (Å²) < 4.78 is 11.1. The zero-order valence-corrected chi connectivity index (χ0v) is 9.36. The van der Waals surface area contributed by atoms with Gasteiger partial charge >= 0.3 is 0 Å². The Labute approximate surface area is 91.8 Å². The van der Waals surface area contributed by atoms with Gasteiger partial charge in [0.05, 0.1) is 12.7 Å². The topological polar surface area (TPSA) is 38.7 Å². The van der Waals surface area contributed by atoms with E-state index in [0.29, 0.717) is 25.4 Å². The Morgan fingerprint density at radius 2 is 1.60 bits per heavy atom. The molecule has 0 bridgehead atoms. The van der Waals surface area contributed by atoms with Gasteiger partial charge in [0.1, 0.15) is 6.79 Å². The highest BCUT2D eigenvalue weighted by Gasteiger charge is 2.23. The maximum absolute atomic E-state index is 8.99. The number of hydrogen-bond donors (Lipinski definition) is 1. The quantitative estimate of drug-likeness (QED) is 0.542. The first-order valence-corrected chi connectivity index (χ1v) is 6.18. The predicted molar refractivity (Wildman–Crippen MR) is 57.5 cm³/mol. The lowest BCUT2D eigenvalue weighted by atomic mass is 9.88. The summed E-state index contributed by atoms with van der Waals surface area (Å²) in [5.41, 5.74) is 0. The highest BCUT2D eigenvalue weighted by Crippen LogP contribution is 2.29. The van der Waals surface area contributed by atoms with Gasteiger partial charge in [0, 0.05) is 6.61 Å². The summed E-state index contributed by atoms with van der Waals surface area (Å²) in [6.45, 7) is 1.68. The average molecular weight is 214 g/mol. The van der Waals surface area contributed by atoms with Crippen molar-refractivity contribution in [1.29, 1.82) is 0 Å². The van der Waals surface area contributed by atoms with Gasteiger partial charge in [0.25, 0.3) is 0 Å². The van der Waals surface area contributed by atoms with Gasteiger partial charge in [-0.1, -0.05) is 0 Å². The average Bonchev–Trinajstić information content (AvgIpc) is 3.09. The second kappa shape index (κ2) is 5.83. The highest BCUT2D eigenvalue weighted by atomic mass is 16.7. The van der Waals surface area contributed by atoms with Crippen molar-refractivity contribution in [3.8, 4) is 0 Å². The Morgan fingerprint density at radius 3 is 2.20 bits per heavy atom. The first kappa shape index (κ1) is 11.4. The Bertz CT molecular complexity index is 172. The van der Waals surface area contributed by atoms with E-state index < -0.39 is 0 Å². The first-order chi connectivity index (χ1) is 7.38. The van der Waals surface area contributed by atoms with E-state index in [4.69, 9.17) is 14.6 Å². The minimum atomic E-state index is 0.338. The molecule has 0 atom stereocenters. The molecule has 0 spiro atoms. The van der Waals surface area contributed by atoms with E-state index in [-0.39, 0.29) is 0 Å². The molecule has 0 unspecified atom stereocenters. The van der Waals surface area contributed by atoms with Crippen LogP contribution < -0.4 is 0 Å². The largest absolute Gasteiger partial charge is 0.396 e. The van der Waals surface area contributed by atoms with Crippen molar-refractivity contribution in [3.63, 3.8) is 0 Å². The van der Waals surface area contributed by atoms with Crippen LogP contribution in [0.5, 0.6) is 0 Å². The van der Waals surface area contributed by atoms with Crippen molar-refractivity contribution in [2.24, 2.45) is 11.8 Å². The Hall–Kier alpha value is -0.120. The van der Waals surface area contributed by atoms with Crippen LogP contribution >= 0.6 is 0 Å². The Balaban J connectivity index is 1.48. The molecule has 0 aliphatic heterocycles. The number of hydrogen-bond acceptors (Lipinski definition) is 3. The maximum Gasteiger partial charge on any atom is 0.147 e. The minimum Gasteiger partial charge on any atom is -0.396 e. The van der Waals surface area contributed by atoms with Crippen molar-refractivity contribution < 1.29 is 14.6 Å². The molecular formula is C12H22O3. The predicted octanol–water partition coefficient (Wildman–Crippen LogP) is 1.94. The van der Waals surface area contributed by atoms with Crippen LogP contribution in [-0.2, 0) is 9.47 Å². The lowest BCUT2D eigenvalue weighted by molar-refractivity contribution is -0.105. The van der Waals surface area contributed by atoms with Crippen molar-refractivity contribution in [3.05, 3.63) is 0 Å². The third-order valence-electron chi connectivity index (χ3n) is 3.49. The van der Waals surface area contributed by atoms with Crippen LogP contribution in [0, 0.1) is 11.8 Å². The van der Waals surface area contributed by atoms with Gasteiger partial charge in [-0.2, -0.15) is 0 Å². The van der Waals surface area contributed by atoms with E-state index in [1.54, 1.807) is 0 Å². The second-order valence-corrected chi connectivity index (χ2v) is 4.92. The number of aliphatic hydroxyl groups excluding tert-OH is 1. The van der Waals surface area contributed by atoms with E-state index in [1.165, 1.54) is 12.8 Å². The molecule has 2 aliphatic rings. The standard InChI is InChI=1S/C12H22O3/c13-7-10-3-5-12(6-4-10)15-9-14-8-11-1-2-11/h10-13H,1-9H2. The summed E-state index contributed by atoms with van der Waals surface area (Å²) in [6.07, 6.45) is 7.40. The molecule has 2 aliphatic carbocycles. The molecule has 0 aromatic carbocycles. The van der Waals surface area contributed by atoms with Gasteiger partial charge in [-0.15, -0.1) is 0 Å². The zero-order chi connectivity index (χ0) is 10.5. The van der Waals surface area contributed by atoms with Crippen LogP contribution in [-0.4, -0.2) is 31.2 Å². The van der Waals surface area contributed by atoms with Crippen molar-refractivity contribution in [2.75, 3.05) is 20.0 Å². The minimum absolute atomic E-state index is 0.338. The fourth-order valence-corrected chi connectivity index (χ4v) is 2.12. The molecule has 0 aromatic heterocycles. The zero-order valence-electron chi connectivity index (χ0n) is 9.36. The van der Waals surface area contributed by atoms with Crippen molar-refractivity contribution in [2.45, 2.75) is 44.6 Å². The number of rotatable bonds is 6. The fraction of sp³-hybridized carbons (Fsp3) is 1.00. The molecule has 3 nitrogen and oxygen atoms in total. The van der Waals surface area contributed by atoms with Gasteiger partial charge in [-0.3, -0.25) is 0 Å². The van der Waals surface area contributed by atoms with Crippen molar-refractivity contribution >= 4 is 0 Å². The van der Waals surface area contributed by atoms with Gasteiger partial charge in [0.2, 0.25) is 0 Å². The molecule has 0 aromatic rings. The summed E-state index contributed by atoms with van der Waals surface area (Å²) in [6, 6.07) is 0. The Kier molecular flexibility index (Phi) is 4.42. The van der Waals surface area contributed by atoms with Crippen LogP contribution in [0.2, 0.25) is 0 Å². The molecule has 1 N–H and O–H groups in total. The van der Waals surface area contributed by atoms with E-state index in [0.717, 1.165) is 38.2 Å². The van der Waals surface area contributed by atoms with E-state index in [2.05, 4.69) is 0 Å². The van der Waals surface area contributed by atoms with E-state index >= 15 is 0 Å². The molecule has 0 heterocycles. The van der Waals surface area contributed by atoms with Gasteiger partial charge < -0.3 is 14.6 Å². The molecule has 3 heteroatoms. The number of ether oxygens (including phenoxy) is 2. The normalized spacial score (nSPS) is 31.8. The summed E-state index contributed by atoms with van der Waals surface area (Å²) in [5, 5.41) is 8.99. The molecule has 88 valence electrons. The maximum atomic E-state index is 8.99. The third-order valence-corrected chi connectivity index (χ3v) is 3.49. The monoisotopic (exact) mass is 214 g/mol. The lowest BCUT2D eigenvalue weighted by Gasteiger charge is -2.27. The first-order valence-electron chi connectivity index (χ1n) is 6.18. The molecule has 2 rings (SSSR count). The van der Waals surface area contributed by atoms with Crippen molar-refractivity contribution in [1.82, 2.24) is 0 Å². The summed E-state index contributed by atoms with van der Waals surface area (Å²) in [4.78, 5) is 0. The third kappa shape index (κ3) is 4.09. The van der Waals surface area contributed by atoms with E-state index in [9.17, 15) is 0 Å². The van der Waals surface area contributed by atoms with Gasteiger partial charge in [-0.25, -0.2) is 0 Å². The molecule has 15 heavy (non-hydrogen) atoms. The van der Waals surface area contributed by atoms with Gasteiger partial charge in [0.15, 0.2) is 0 Å². The van der Waals surface area contributed by atoms with Crippen LogP contribution in [0.25, 0.3) is 0 Å². The molecule has 2 fully saturated rings. The number of aliphatic hydroxyl groups is 1. The SMILES string of the molecule is OCC1CCC(OCOCC2CC2)CC1. The molecule has 0 radical (unpaired) electrons. The van der Waals surface area contributed by atoms with Crippen LogP contribution in [0.1, 0.15) is 38.5 Å². The Morgan fingerprint density at radius 1 is 0.933 bits per heavy atom. The summed E-state index contributed by atoms with van der Waals surface area (Å²) in [5.74, 6) is 1.33. The van der Waals surface area contributed by atoms with Gasteiger partial charge in [-0.05, 0) is 50.4 Å². The smallest absolute Gasteiger partial charge is 0.147 e. The summed E-state index contributed by atoms with van der Waals surface area (Å²) in [7, 11) is 0. The molecular weight excluding hydrogens is 192 g/mol. The lowest BCUT2D eigenvalue weighted by Crippen LogP contribution is -2.24.